The number of benzene rings is 2. The maximum absolute atomic E-state index is 12.8. The highest BCUT2D eigenvalue weighted by Gasteiger charge is 2.35. The molecule has 1 heterocycles. The number of anilines is 1. The van der Waals surface area contributed by atoms with Crippen LogP contribution < -0.4 is 14.8 Å². The number of rotatable bonds is 8. The van der Waals surface area contributed by atoms with Crippen molar-refractivity contribution < 1.29 is 19.1 Å². The molecule has 1 atom stereocenters. The predicted molar refractivity (Wildman–Crippen MR) is 124 cm³/mol. The van der Waals surface area contributed by atoms with Crippen molar-refractivity contribution in [1.29, 1.82) is 0 Å². The summed E-state index contributed by atoms with van der Waals surface area (Å²) >= 11 is 1.30. The van der Waals surface area contributed by atoms with Crippen LogP contribution in [-0.2, 0) is 9.59 Å². The Bertz CT molecular complexity index is 929. The van der Waals surface area contributed by atoms with Crippen molar-refractivity contribution >= 4 is 40.1 Å². The monoisotopic (exact) mass is 441 g/mol. The zero-order valence-electron chi connectivity index (χ0n) is 18.0. The maximum atomic E-state index is 12.8. The van der Waals surface area contributed by atoms with Gasteiger partial charge in [-0.15, -0.1) is 0 Å². The Hall–Kier alpha value is -3.00. The molecule has 0 bridgehead atoms. The number of aliphatic imine (C=N–C) groups is 1. The SMILES string of the molecule is CCOc1ccc(N=C2SC(C(=O)Nc3ccc(OCC)cc3)CC(=O)N2CC)cc1. The van der Waals surface area contributed by atoms with Gasteiger partial charge in [0.05, 0.1) is 18.9 Å². The van der Waals surface area contributed by atoms with Gasteiger partial charge in [0.15, 0.2) is 5.17 Å². The maximum Gasteiger partial charge on any atom is 0.238 e. The molecule has 1 aliphatic rings. The van der Waals surface area contributed by atoms with Crippen molar-refractivity contribution in [2.24, 2.45) is 4.99 Å². The second-order valence-corrected chi connectivity index (χ2v) is 7.89. The fraction of sp³-hybridized carbons (Fsp3) is 0.348. The number of amides is 2. The van der Waals surface area contributed by atoms with E-state index < -0.39 is 5.25 Å². The van der Waals surface area contributed by atoms with Gasteiger partial charge in [-0.2, -0.15) is 0 Å². The van der Waals surface area contributed by atoms with Gasteiger partial charge in [-0.25, -0.2) is 4.99 Å². The van der Waals surface area contributed by atoms with Gasteiger partial charge in [0.1, 0.15) is 16.7 Å². The lowest BCUT2D eigenvalue weighted by atomic mass is 10.2. The van der Waals surface area contributed by atoms with E-state index in [9.17, 15) is 9.59 Å². The number of amidine groups is 1. The summed E-state index contributed by atoms with van der Waals surface area (Å²) in [5.74, 6) is 1.17. The second-order valence-electron chi connectivity index (χ2n) is 6.72. The van der Waals surface area contributed by atoms with Crippen LogP contribution in [0.1, 0.15) is 27.2 Å². The molecule has 7 nitrogen and oxygen atoms in total. The topological polar surface area (TPSA) is 80.2 Å². The highest BCUT2D eigenvalue weighted by molar-refractivity contribution is 8.15. The second kappa shape index (κ2) is 10.9. The zero-order valence-corrected chi connectivity index (χ0v) is 18.8. The smallest absolute Gasteiger partial charge is 0.238 e. The molecule has 1 aliphatic heterocycles. The van der Waals surface area contributed by atoms with E-state index in [1.807, 2.05) is 45.0 Å². The Labute approximate surface area is 186 Å². The van der Waals surface area contributed by atoms with Gasteiger partial charge >= 0.3 is 0 Å². The number of nitrogens with one attached hydrogen (secondary N) is 1. The van der Waals surface area contributed by atoms with Gasteiger partial charge < -0.3 is 14.8 Å². The first-order valence-corrected chi connectivity index (χ1v) is 11.2. The molecule has 0 radical (unpaired) electrons. The Morgan fingerprint density at radius 2 is 1.61 bits per heavy atom. The summed E-state index contributed by atoms with van der Waals surface area (Å²) in [7, 11) is 0. The summed E-state index contributed by atoms with van der Waals surface area (Å²) < 4.78 is 10.9. The highest BCUT2D eigenvalue weighted by Crippen LogP contribution is 2.30. The molecule has 2 aromatic carbocycles. The van der Waals surface area contributed by atoms with Gasteiger partial charge in [-0.3, -0.25) is 14.5 Å². The molecule has 2 amide bonds. The van der Waals surface area contributed by atoms with Gasteiger partial charge in [0.25, 0.3) is 0 Å². The van der Waals surface area contributed by atoms with Crippen molar-refractivity contribution in [2.45, 2.75) is 32.4 Å². The van der Waals surface area contributed by atoms with Crippen molar-refractivity contribution in [3.05, 3.63) is 48.5 Å². The van der Waals surface area contributed by atoms with Gasteiger partial charge in [-0.1, -0.05) is 11.8 Å². The first-order valence-electron chi connectivity index (χ1n) is 10.4. The number of hydrogen-bond donors (Lipinski definition) is 1. The number of ether oxygens (including phenoxy) is 2. The van der Waals surface area contributed by atoms with E-state index in [0.717, 1.165) is 11.5 Å². The molecule has 1 saturated heterocycles. The van der Waals surface area contributed by atoms with Crippen LogP contribution in [0.3, 0.4) is 0 Å². The number of thioether (sulfide) groups is 1. The quantitative estimate of drug-likeness (QED) is 0.654. The molecule has 0 saturated carbocycles. The third-order valence-corrected chi connectivity index (χ3v) is 5.74. The zero-order chi connectivity index (χ0) is 22.2. The number of nitrogens with zero attached hydrogens (tertiary/aromatic N) is 2. The van der Waals surface area contributed by atoms with Crippen LogP contribution in [0.25, 0.3) is 0 Å². The average molecular weight is 442 g/mol. The number of hydrogen-bond acceptors (Lipinski definition) is 6. The molecule has 1 unspecified atom stereocenters. The minimum atomic E-state index is -0.552. The summed E-state index contributed by atoms with van der Waals surface area (Å²) in [4.78, 5) is 31.7. The molecule has 8 heteroatoms. The number of carbonyl (C=O) groups is 2. The van der Waals surface area contributed by atoms with Gasteiger partial charge in [0.2, 0.25) is 11.8 Å². The first kappa shape index (κ1) is 22.7. The summed E-state index contributed by atoms with van der Waals surface area (Å²) in [5.41, 5.74) is 1.36. The van der Waals surface area contributed by atoms with Crippen LogP contribution in [0.5, 0.6) is 11.5 Å². The van der Waals surface area contributed by atoms with Gasteiger partial charge in [-0.05, 0) is 69.3 Å². The van der Waals surface area contributed by atoms with E-state index in [-0.39, 0.29) is 18.2 Å². The lowest BCUT2D eigenvalue weighted by molar-refractivity contribution is -0.129. The summed E-state index contributed by atoms with van der Waals surface area (Å²) in [6.45, 7) is 7.40. The standard InChI is InChI=1S/C23H27N3O4S/c1-4-26-21(27)15-20(22(28)24-16-7-11-18(12-8-16)29-5-2)31-23(26)25-17-9-13-19(14-10-17)30-6-3/h7-14,20H,4-6,15H2,1-3H3,(H,24,28). The summed E-state index contributed by atoms with van der Waals surface area (Å²) in [6, 6.07) is 14.5. The van der Waals surface area contributed by atoms with Crippen LogP contribution in [0.4, 0.5) is 11.4 Å². The Morgan fingerprint density at radius 3 is 2.16 bits per heavy atom. The molecule has 0 spiro atoms. The van der Waals surface area contributed by atoms with E-state index in [0.29, 0.717) is 36.3 Å². The lowest BCUT2D eigenvalue weighted by Crippen LogP contribution is -2.45. The van der Waals surface area contributed by atoms with E-state index in [4.69, 9.17) is 9.47 Å². The molecular weight excluding hydrogens is 414 g/mol. The Balaban J connectivity index is 1.73. The molecule has 0 aliphatic carbocycles. The molecule has 164 valence electrons. The number of carbonyl (C=O) groups excluding carboxylic acids is 2. The third-order valence-electron chi connectivity index (χ3n) is 4.55. The van der Waals surface area contributed by atoms with Crippen LogP contribution >= 0.6 is 11.8 Å². The molecule has 2 aromatic rings. The van der Waals surface area contributed by atoms with E-state index in [1.54, 1.807) is 29.2 Å². The molecule has 1 N–H and O–H groups in total. The predicted octanol–water partition coefficient (Wildman–Crippen LogP) is 4.46. The fourth-order valence-electron chi connectivity index (χ4n) is 3.07. The molecule has 0 aromatic heterocycles. The van der Waals surface area contributed by atoms with Crippen molar-refractivity contribution in [3.8, 4) is 11.5 Å². The van der Waals surface area contributed by atoms with Crippen LogP contribution in [0, 0.1) is 0 Å². The summed E-state index contributed by atoms with van der Waals surface area (Å²) in [6.07, 6.45) is 0.129. The first-order chi connectivity index (χ1) is 15.0. The van der Waals surface area contributed by atoms with Crippen molar-refractivity contribution in [3.63, 3.8) is 0 Å². The molecular formula is C23H27N3O4S. The van der Waals surface area contributed by atoms with E-state index >= 15 is 0 Å². The van der Waals surface area contributed by atoms with Crippen LogP contribution in [-0.4, -0.2) is 46.9 Å². The Kier molecular flexibility index (Phi) is 7.94. The molecule has 3 rings (SSSR count). The highest BCUT2D eigenvalue weighted by atomic mass is 32.2. The fourth-order valence-corrected chi connectivity index (χ4v) is 4.23. The Morgan fingerprint density at radius 1 is 1.03 bits per heavy atom. The van der Waals surface area contributed by atoms with Crippen LogP contribution in [0.2, 0.25) is 0 Å². The summed E-state index contributed by atoms with van der Waals surface area (Å²) in [5, 5.41) is 2.85. The minimum Gasteiger partial charge on any atom is -0.494 e. The van der Waals surface area contributed by atoms with Crippen molar-refractivity contribution in [1.82, 2.24) is 4.90 Å². The lowest BCUT2D eigenvalue weighted by Gasteiger charge is -2.30. The van der Waals surface area contributed by atoms with Crippen LogP contribution in [0.15, 0.2) is 53.5 Å². The van der Waals surface area contributed by atoms with E-state index in [1.165, 1.54) is 11.8 Å². The average Bonchev–Trinajstić information content (AvgIpc) is 2.76. The van der Waals surface area contributed by atoms with Crippen molar-refractivity contribution in [2.75, 3.05) is 25.1 Å². The van der Waals surface area contributed by atoms with E-state index in [2.05, 4.69) is 10.3 Å². The third kappa shape index (κ3) is 6.01. The molecule has 31 heavy (non-hydrogen) atoms. The normalized spacial score (nSPS) is 17.5. The van der Waals surface area contributed by atoms with Gasteiger partial charge in [0, 0.05) is 18.7 Å². The largest absolute Gasteiger partial charge is 0.494 e. The minimum absolute atomic E-state index is 0.113. The molecule has 1 fully saturated rings.